The third kappa shape index (κ3) is 1.20. The molecule has 0 saturated heterocycles. The van der Waals surface area contributed by atoms with E-state index in [4.69, 9.17) is 0 Å². The first-order valence-corrected chi connectivity index (χ1v) is 3.05. The van der Waals surface area contributed by atoms with Crippen molar-refractivity contribution in [2.45, 2.75) is 0 Å². The van der Waals surface area contributed by atoms with Crippen molar-refractivity contribution in [2.75, 3.05) is 0 Å². The molecule has 0 atom stereocenters. The molecule has 48 valence electrons. The molecule has 0 fully saturated rings. The van der Waals surface area contributed by atoms with Crippen molar-refractivity contribution >= 4 is 11.3 Å². The van der Waals surface area contributed by atoms with E-state index in [0.29, 0.717) is 4.80 Å². The van der Waals surface area contributed by atoms with E-state index in [2.05, 4.69) is 15.5 Å². The highest BCUT2D eigenvalue weighted by molar-refractivity contribution is 7.06. The number of hydrogen-bond donors (Lipinski definition) is 0. The van der Waals surface area contributed by atoms with Crippen LogP contribution in [0.5, 0.6) is 0 Å². The van der Waals surface area contributed by atoms with E-state index in [1.54, 1.807) is 12.6 Å². The normalized spacial score (nSPS) is 11.9. The van der Waals surface area contributed by atoms with Crippen LogP contribution in [-0.2, 0) is 7.05 Å². The van der Waals surface area contributed by atoms with Crippen LogP contribution in [0.1, 0.15) is 0 Å². The van der Waals surface area contributed by atoms with E-state index in [-0.39, 0.29) is 0 Å². The third-order valence-electron chi connectivity index (χ3n) is 0.782. The first-order chi connectivity index (χ1) is 4.34. The molecular weight excluding hydrogens is 140 g/mol. The van der Waals surface area contributed by atoms with Gasteiger partial charge in [-0.3, -0.25) is 0 Å². The van der Waals surface area contributed by atoms with E-state index in [0.717, 1.165) is 0 Å². The van der Waals surface area contributed by atoms with Crippen LogP contribution in [0.2, 0.25) is 0 Å². The van der Waals surface area contributed by atoms with Crippen molar-refractivity contribution in [3.63, 3.8) is 0 Å². The fraction of sp³-hybridized carbons (Fsp3) is 0.333. The van der Waals surface area contributed by atoms with Crippen LogP contribution in [0.3, 0.4) is 0 Å². The summed E-state index contributed by atoms with van der Waals surface area (Å²) in [4.78, 5) is 10.1. The van der Waals surface area contributed by atoms with Crippen molar-refractivity contribution < 1.29 is 0 Å². The molecule has 0 unspecified atom stereocenters. The molecule has 0 saturated carbocycles. The van der Waals surface area contributed by atoms with Gasteiger partial charge in [-0.15, -0.1) is 4.91 Å². The lowest BCUT2D eigenvalue weighted by molar-refractivity contribution is 0.720. The maximum atomic E-state index is 9.57. The molecule has 1 aromatic rings. The maximum Gasteiger partial charge on any atom is 0.231 e. The van der Waals surface area contributed by atoms with Gasteiger partial charge in [0.1, 0.15) is 5.51 Å². The van der Waals surface area contributed by atoms with Crippen molar-refractivity contribution in [3.05, 3.63) is 15.2 Å². The predicted octanol–water partition coefficient (Wildman–Crippen LogP) is 0.0637. The minimum absolute atomic E-state index is 0.505. The summed E-state index contributed by atoms with van der Waals surface area (Å²) in [6, 6.07) is 0. The lowest BCUT2D eigenvalue weighted by Gasteiger charge is -1.79. The van der Waals surface area contributed by atoms with Gasteiger partial charge in [-0.05, 0) is 0 Å². The van der Waals surface area contributed by atoms with E-state index in [1.807, 2.05) is 0 Å². The van der Waals surface area contributed by atoms with Crippen LogP contribution in [0.4, 0.5) is 0 Å². The molecule has 1 heterocycles. The number of nitrogens with zero attached hydrogens (tertiary/aromatic N) is 4. The lowest BCUT2D eigenvalue weighted by Crippen LogP contribution is -2.10. The molecular formula is C3H4N4OS. The van der Waals surface area contributed by atoms with Crippen molar-refractivity contribution in [2.24, 2.45) is 17.4 Å². The molecule has 1 aromatic heterocycles. The number of rotatable bonds is 1. The molecule has 0 amide bonds. The number of aryl methyl sites for hydroxylation is 1. The SMILES string of the molecule is Cn1ncs/c1=N\N=O. The van der Waals surface area contributed by atoms with Crippen molar-refractivity contribution in [3.8, 4) is 0 Å². The topological polar surface area (TPSA) is 59.6 Å². The first-order valence-electron chi connectivity index (χ1n) is 2.18. The predicted molar refractivity (Wildman–Crippen MR) is 32.4 cm³/mol. The summed E-state index contributed by atoms with van der Waals surface area (Å²) < 4.78 is 1.48. The van der Waals surface area contributed by atoms with Gasteiger partial charge < -0.3 is 0 Å². The smallest absolute Gasteiger partial charge is 0.231 e. The summed E-state index contributed by atoms with van der Waals surface area (Å²) in [7, 11) is 1.69. The molecule has 0 aliphatic carbocycles. The Hall–Kier alpha value is -1.04. The quantitative estimate of drug-likeness (QED) is 0.413. The second-order valence-electron chi connectivity index (χ2n) is 1.33. The Balaban J connectivity index is 3.22. The van der Waals surface area contributed by atoms with E-state index < -0.39 is 0 Å². The fourth-order valence-electron chi connectivity index (χ4n) is 0.390. The number of hydrogen-bond acceptors (Lipinski definition) is 4. The summed E-state index contributed by atoms with van der Waals surface area (Å²) >= 11 is 1.27. The maximum absolute atomic E-state index is 9.57. The lowest BCUT2D eigenvalue weighted by atomic mass is 11.2. The van der Waals surface area contributed by atoms with Crippen molar-refractivity contribution in [1.29, 1.82) is 0 Å². The van der Waals surface area contributed by atoms with Crippen LogP contribution in [0, 0.1) is 4.91 Å². The molecule has 0 spiro atoms. The molecule has 0 aliphatic heterocycles. The van der Waals surface area contributed by atoms with Gasteiger partial charge in [-0.1, -0.05) is 16.4 Å². The van der Waals surface area contributed by atoms with Gasteiger partial charge in [0.15, 0.2) is 0 Å². The Labute approximate surface area is 54.6 Å². The van der Waals surface area contributed by atoms with Crippen LogP contribution in [-0.4, -0.2) is 9.78 Å². The molecule has 1 rings (SSSR count). The average molecular weight is 144 g/mol. The zero-order valence-corrected chi connectivity index (χ0v) is 5.50. The van der Waals surface area contributed by atoms with Crippen molar-refractivity contribution in [1.82, 2.24) is 9.78 Å². The van der Waals surface area contributed by atoms with Crippen LogP contribution in [0.25, 0.3) is 0 Å². The highest BCUT2D eigenvalue weighted by Crippen LogP contribution is 1.79. The summed E-state index contributed by atoms with van der Waals surface area (Å²) in [5, 5.41) is 9.40. The number of aromatic nitrogens is 2. The van der Waals surface area contributed by atoms with Gasteiger partial charge in [-0.25, -0.2) is 4.68 Å². The van der Waals surface area contributed by atoms with Gasteiger partial charge in [0, 0.05) is 7.05 Å². The second kappa shape index (κ2) is 2.49. The van der Waals surface area contributed by atoms with Gasteiger partial charge >= 0.3 is 0 Å². The summed E-state index contributed by atoms with van der Waals surface area (Å²) in [6.45, 7) is 0. The highest BCUT2D eigenvalue weighted by atomic mass is 32.1. The standard InChI is InChI=1S/C3H4N4OS/c1-7-3(5-6-8)9-2-4-7/h2H,1H3/b5-3-. The average Bonchev–Trinajstić information content (AvgIpc) is 2.18. The summed E-state index contributed by atoms with van der Waals surface area (Å²) in [5.74, 6) is 0. The van der Waals surface area contributed by atoms with E-state index >= 15 is 0 Å². The van der Waals surface area contributed by atoms with Gasteiger partial charge in [0.05, 0.1) is 5.29 Å². The Morgan fingerprint density at radius 2 is 2.67 bits per heavy atom. The van der Waals surface area contributed by atoms with Crippen LogP contribution in [0.15, 0.2) is 15.9 Å². The molecule has 6 heteroatoms. The molecule has 5 nitrogen and oxygen atoms in total. The Kier molecular flexibility index (Phi) is 1.69. The monoisotopic (exact) mass is 144 g/mol. The van der Waals surface area contributed by atoms with Gasteiger partial charge in [0.2, 0.25) is 4.80 Å². The molecule has 0 radical (unpaired) electrons. The van der Waals surface area contributed by atoms with E-state index in [1.165, 1.54) is 16.0 Å². The molecule has 0 bridgehead atoms. The molecule has 0 N–H and O–H groups in total. The van der Waals surface area contributed by atoms with Crippen LogP contribution < -0.4 is 4.80 Å². The summed E-state index contributed by atoms with van der Waals surface area (Å²) in [6.07, 6.45) is 0. The molecule has 9 heavy (non-hydrogen) atoms. The largest absolute Gasteiger partial charge is 0.240 e. The minimum atomic E-state index is 0.505. The van der Waals surface area contributed by atoms with Gasteiger partial charge in [0.25, 0.3) is 0 Å². The Morgan fingerprint density at radius 3 is 3.11 bits per heavy atom. The fourth-order valence-corrected chi connectivity index (χ4v) is 0.953. The number of nitroso groups, excluding NO2 is 1. The highest BCUT2D eigenvalue weighted by Gasteiger charge is 1.85. The first kappa shape index (κ1) is 6.09. The Morgan fingerprint density at radius 1 is 1.89 bits per heavy atom. The third-order valence-corrected chi connectivity index (χ3v) is 1.54. The zero-order valence-electron chi connectivity index (χ0n) is 4.68. The van der Waals surface area contributed by atoms with Gasteiger partial charge in [-0.2, -0.15) is 5.10 Å². The summed E-state index contributed by atoms with van der Waals surface area (Å²) in [5.41, 5.74) is 1.59. The minimum Gasteiger partial charge on any atom is -0.240 e. The second-order valence-corrected chi connectivity index (χ2v) is 2.14. The zero-order chi connectivity index (χ0) is 6.69. The molecule has 0 aromatic carbocycles. The van der Waals surface area contributed by atoms with Crippen LogP contribution >= 0.6 is 11.3 Å². The van der Waals surface area contributed by atoms with E-state index in [9.17, 15) is 4.91 Å². The molecule has 0 aliphatic rings. The Bertz CT molecular complexity index is 261.